The molecule has 6 heteroatoms. The van der Waals surface area contributed by atoms with Crippen LogP contribution in [0, 0.1) is 17.3 Å². The van der Waals surface area contributed by atoms with Gasteiger partial charge >= 0.3 is 0 Å². The number of rotatable bonds is 9. The van der Waals surface area contributed by atoms with Gasteiger partial charge in [-0.25, -0.2) is 0 Å². The Kier molecular flexibility index (Phi) is 7.62. The van der Waals surface area contributed by atoms with Gasteiger partial charge in [0.05, 0.1) is 6.10 Å². The largest absolute Gasteiger partial charge is 0.407 e. The molecule has 4 aliphatic rings. The molecule has 7 atom stereocenters. The van der Waals surface area contributed by atoms with Crippen LogP contribution in [0.2, 0.25) is 5.04 Å². The number of thioether (sulfide) groups is 1. The Balaban J connectivity index is 1.30. The molecule has 2 saturated carbocycles. The number of ether oxygens (including phenoxy) is 2. The van der Waals surface area contributed by atoms with Crippen LogP contribution in [-0.2, 0) is 13.9 Å². The van der Waals surface area contributed by atoms with E-state index in [0.29, 0.717) is 24.9 Å². The second-order valence-electron chi connectivity index (χ2n) is 13.9. The van der Waals surface area contributed by atoms with Crippen LogP contribution in [0.3, 0.4) is 0 Å². The fourth-order valence-corrected chi connectivity index (χ4v) is 14.9. The van der Waals surface area contributed by atoms with Gasteiger partial charge in [-0.2, -0.15) is 0 Å². The lowest BCUT2D eigenvalue weighted by atomic mass is 9.56. The standard InChI is InChI=1S/C34H48O4SSi/c1-6-39-30-18-20-33(38-30)32(26-22-25(2)23-29(32)37-34(33,35)24-26)19-13-21-36-40(31(3,4)5,27-14-9-7-10-15-27)28-16-11-8-12-17-28/h7-12,14-17,25-26,29-30,35H,6,13,18-24H2,1-5H3/t25?,26?,29?,30-,32?,33+,34?/m0/s1. The zero-order chi connectivity index (χ0) is 28.2. The molecule has 1 spiro atoms. The topological polar surface area (TPSA) is 47.9 Å². The van der Waals surface area contributed by atoms with Crippen LogP contribution in [-0.4, -0.2) is 48.7 Å². The highest BCUT2D eigenvalue weighted by Crippen LogP contribution is 2.75. The summed E-state index contributed by atoms with van der Waals surface area (Å²) >= 11 is 1.88. The molecule has 40 heavy (non-hydrogen) atoms. The summed E-state index contributed by atoms with van der Waals surface area (Å²) in [6, 6.07) is 21.9. The molecule has 2 bridgehead atoms. The lowest BCUT2D eigenvalue weighted by Gasteiger charge is -2.50. The van der Waals surface area contributed by atoms with Crippen molar-refractivity contribution in [1.82, 2.24) is 0 Å². The Morgan fingerprint density at radius 3 is 2.23 bits per heavy atom. The highest BCUT2D eigenvalue weighted by molar-refractivity contribution is 7.99. The van der Waals surface area contributed by atoms with Gasteiger partial charge in [-0.15, -0.1) is 11.8 Å². The molecule has 0 amide bonds. The minimum Gasteiger partial charge on any atom is -0.407 e. The monoisotopic (exact) mass is 580 g/mol. The van der Waals surface area contributed by atoms with E-state index in [4.69, 9.17) is 13.9 Å². The van der Waals surface area contributed by atoms with E-state index in [2.05, 4.69) is 95.3 Å². The Labute approximate surface area is 246 Å². The molecular weight excluding hydrogens is 533 g/mol. The maximum absolute atomic E-state index is 12.0. The molecule has 2 aliphatic heterocycles. The van der Waals surface area contributed by atoms with Gasteiger partial charge in [0.1, 0.15) is 11.0 Å². The molecule has 2 aromatic carbocycles. The summed E-state index contributed by atoms with van der Waals surface area (Å²) in [5.41, 5.74) is -0.562. The van der Waals surface area contributed by atoms with Gasteiger partial charge < -0.3 is 19.0 Å². The van der Waals surface area contributed by atoms with Gasteiger partial charge in [0.2, 0.25) is 0 Å². The maximum atomic E-state index is 12.0. The molecule has 218 valence electrons. The molecule has 2 saturated heterocycles. The van der Waals surface area contributed by atoms with Crippen molar-refractivity contribution in [2.75, 3.05) is 12.4 Å². The first kappa shape index (κ1) is 28.9. The predicted octanol–water partition coefficient (Wildman–Crippen LogP) is 6.50. The Morgan fingerprint density at radius 2 is 1.65 bits per heavy atom. The third kappa shape index (κ3) is 4.15. The zero-order valence-corrected chi connectivity index (χ0v) is 26.8. The molecule has 0 aromatic heterocycles. The zero-order valence-electron chi connectivity index (χ0n) is 25.0. The van der Waals surface area contributed by atoms with Crippen LogP contribution < -0.4 is 10.4 Å². The highest BCUT2D eigenvalue weighted by atomic mass is 32.2. The lowest BCUT2D eigenvalue weighted by Crippen LogP contribution is -2.66. The summed E-state index contributed by atoms with van der Waals surface area (Å²) in [6.07, 6.45) is 6.80. The first-order valence-corrected chi connectivity index (χ1v) is 18.5. The van der Waals surface area contributed by atoms with Gasteiger partial charge in [-0.05, 0) is 71.5 Å². The average molecular weight is 581 g/mol. The van der Waals surface area contributed by atoms with Crippen molar-refractivity contribution >= 4 is 30.5 Å². The molecular formula is C34H48O4SSi. The molecule has 5 unspecified atom stereocenters. The van der Waals surface area contributed by atoms with Crippen LogP contribution in [0.25, 0.3) is 0 Å². The second-order valence-corrected chi connectivity index (χ2v) is 19.6. The van der Waals surface area contributed by atoms with Gasteiger partial charge in [0.25, 0.3) is 8.32 Å². The van der Waals surface area contributed by atoms with Crippen molar-refractivity contribution in [3.63, 3.8) is 0 Å². The van der Waals surface area contributed by atoms with E-state index in [1.165, 1.54) is 10.4 Å². The molecule has 6 rings (SSSR count). The Bertz CT molecular complexity index is 1110. The molecule has 4 nitrogen and oxygen atoms in total. The van der Waals surface area contributed by atoms with Gasteiger partial charge in [0, 0.05) is 18.4 Å². The quantitative estimate of drug-likeness (QED) is 0.271. The van der Waals surface area contributed by atoms with Gasteiger partial charge in [-0.3, -0.25) is 0 Å². The number of hydrogen-bond acceptors (Lipinski definition) is 5. The van der Waals surface area contributed by atoms with Crippen molar-refractivity contribution in [2.24, 2.45) is 17.3 Å². The van der Waals surface area contributed by atoms with Crippen LogP contribution in [0.4, 0.5) is 0 Å². The summed E-state index contributed by atoms with van der Waals surface area (Å²) in [5, 5.41) is 14.7. The van der Waals surface area contributed by atoms with Gasteiger partial charge in [0.15, 0.2) is 5.79 Å². The summed E-state index contributed by atoms with van der Waals surface area (Å²) < 4.78 is 20.9. The van der Waals surface area contributed by atoms with Crippen LogP contribution >= 0.6 is 11.8 Å². The third-order valence-corrected chi connectivity index (χ3v) is 16.8. The summed E-state index contributed by atoms with van der Waals surface area (Å²) in [7, 11) is -2.58. The summed E-state index contributed by atoms with van der Waals surface area (Å²) in [5.74, 6) is 0.949. The highest BCUT2D eigenvalue weighted by Gasteiger charge is 2.83. The lowest BCUT2D eigenvalue weighted by molar-refractivity contribution is -0.269. The maximum Gasteiger partial charge on any atom is 0.261 e. The first-order chi connectivity index (χ1) is 19.1. The number of aliphatic hydroxyl groups is 1. The molecule has 2 heterocycles. The van der Waals surface area contributed by atoms with Crippen molar-refractivity contribution in [3.8, 4) is 0 Å². The van der Waals surface area contributed by atoms with Crippen LogP contribution in [0.5, 0.6) is 0 Å². The number of hydrogen-bond donors (Lipinski definition) is 1. The molecule has 0 radical (unpaired) electrons. The molecule has 1 N–H and O–H groups in total. The fraction of sp³-hybridized carbons (Fsp3) is 0.647. The molecule has 2 aromatic rings. The van der Waals surface area contributed by atoms with Gasteiger partial charge in [-0.1, -0.05) is 95.3 Å². The normalized spacial score (nSPS) is 37.0. The summed E-state index contributed by atoms with van der Waals surface area (Å²) in [6.45, 7) is 12.3. The first-order valence-electron chi connectivity index (χ1n) is 15.6. The van der Waals surface area contributed by atoms with Crippen molar-refractivity contribution in [1.29, 1.82) is 0 Å². The third-order valence-electron chi connectivity index (χ3n) is 10.7. The smallest absolute Gasteiger partial charge is 0.261 e. The Hall–Kier alpha value is -1.15. The minimum absolute atomic E-state index is 0.0373. The predicted molar refractivity (Wildman–Crippen MR) is 167 cm³/mol. The SMILES string of the molecule is CCS[C@H]1CC[C@]2(O1)C1(O)CC3CC(C)CC(O1)C32CCCO[Si](c1ccccc1)(c1ccccc1)C(C)(C)C. The summed E-state index contributed by atoms with van der Waals surface area (Å²) in [4.78, 5) is 0. The number of benzene rings is 2. The van der Waals surface area contributed by atoms with E-state index in [0.717, 1.165) is 44.3 Å². The minimum atomic E-state index is -2.58. The Morgan fingerprint density at radius 1 is 1.00 bits per heavy atom. The van der Waals surface area contributed by atoms with E-state index in [1.807, 2.05) is 11.8 Å². The van der Waals surface area contributed by atoms with Crippen LogP contribution in [0.15, 0.2) is 60.7 Å². The fourth-order valence-electron chi connectivity index (χ4n) is 9.40. The van der Waals surface area contributed by atoms with Crippen LogP contribution in [0.1, 0.15) is 79.6 Å². The second kappa shape index (κ2) is 10.5. The van der Waals surface area contributed by atoms with E-state index in [1.54, 1.807) is 0 Å². The van der Waals surface area contributed by atoms with Crippen molar-refractivity contribution < 1.29 is 19.0 Å². The molecule has 2 aliphatic carbocycles. The van der Waals surface area contributed by atoms with Crippen molar-refractivity contribution in [2.45, 2.75) is 108 Å². The van der Waals surface area contributed by atoms with E-state index in [-0.39, 0.29) is 22.0 Å². The average Bonchev–Trinajstić information content (AvgIpc) is 3.49. The van der Waals surface area contributed by atoms with E-state index >= 15 is 0 Å². The van der Waals surface area contributed by atoms with E-state index in [9.17, 15) is 5.11 Å². The van der Waals surface area contributed by atoms with Crippen molar-refractivity contribution in [3.05, 3.63) is 60.7 Å². The van der Waals surface area contributed by atoms with E-state index < -0.39 is 19.7 Å². The molecule has 4 fully saturated rings.